The van der Waals surface area contributed by atoms with Gasteiger partial charge in [-0.1, -0.05) is 24.3 Å². The van der Waals surface area contributed by atoms with E-state index in [9.17, 15) is 13.6 Å². The number of anilines is 1. The topological polar surface area (TPSA) is 59.6 Å². The van der Waals surface area contributed by atoms with E-state index in [4.69, 9.17) is 17.0 Å². The van der Waals surface area contributed by atoms with E-state index in [0.717, 1.165) is 5.56 Å². The molecule has 0 saturated carbocycles. The normalized spacial score (nSPS) is 10.6. The molecule has 2 aromatic rings. The summed E-state index contributed by atoms with van der Waals surface area (Å²) in [6, 6.07) is 13.1. The number of benzene rings is 2. The highest BCUT2D eigenvalue weighted by Crippen LogP contribution is 2.25. The van der Waals surface area contributed by atoms with Crippen LogP contribution in [0.1, 0.15) is 5.56 Å². The summed E-state index contributed by atoms with van der Waals surface area (Å²) in [6.07, 6.45) is 2.91. The summed E-state index contributed by atoms with van der Waals surface area (Å²) in [6.45, 7) is -2.96. The summed E-state index contributed by atoms with van der Waals surface area (Å²) in [4.78, 5) is 11.9. The maximum atomic E-state index is 12.4. The monoisotopic (exact) mass is 378 g/mol. The fourth-order valence-electron chi connectivity index (χ4n) is 1.96. The van der Waals surface area contributed by atoms with Crippen LogP contribution in [-0.2, 0) is 4.79 Å². The second-order valence-electron chi connectivity index (χ2n) is 4.92. The van der Waals surface area contributed by atoms with Crippen LogP contribution in [0.2, 0.25) is 0 Å². The molecule has 26 heavy (non-hydrogen) atoms. The molecule has 0 spiro atoms. The molecule has 0 atom stereocenters. The molecule has 8 heteroatoms. The summed E-state index contributed by atoms with van der Waals surface area (Å²) < 4.78 is 34.2. The van der Waals surface area contributed by atoms with E-state index >= 15 is 0 Å². The van der Waals surface area contributed by atoms with Gasteiger partial charge in [0.2, 0.25) is 5.91 Å². The van der Waals surface area contributed by atoms with E-state index in [0.29, 0.717) is 5.75 Å². The number of thiocarbonyl (C=S) groups is 1. The Labute approximate surface area is 154 Å². The highest BCUT2D eigenvalue weighted by Gasteiger charge is 2.10. The van der Waals surface area contributed by atoms with Gasteiger partial charge < -0.3 is 14.8 Å². The van der Waals surface area contributed by atoms with Gasteiger partial charge in [-0.15, -0.1) is 0 Å². The molecule has 0 heterocycles. The van der Waals surface area contributed by atoms with Gasteiger partial charge in [-0.25, -0.2) is 0 Å². The van der Waals surface area contributed by atoms with E-state index in [2.05, 4.69) is 15.4 Å². The molecule has 1 amide bonds. The van der Waals surface area contributed by atoms with Gasteiger partial charge in [0.15, 0.2) is 5.11 Å². The van der Waals surface area contributed by atoms with Gasteiger partial charge in [0, 0.05) is 6.08 Å². The number of ether oxygens (including phenoxy) is 2. The third kappa shape index (κ3) is 6.14. The minimum Gasteiger partial charge on any atom is -0.497 e. The maximum Gasteiger partial charge on any atom is 0.387 e. The number of halogens is 2. The average Bonchev–Trinajstić information content (AvgIpc) is 2.61. The number of methoxy groups -OCH3 is 1. The standard InChI is InChI=1S/C18H16F2N2O3S/c1-24-13-9-6-12(7-10-13)8-11-16(23)22-18(26)21-14-4-2-3-5-15(14)25-17(19)20/h2-11,17H,1H3,(H2,21,22,23,26)/b11-8+. The molecule has 5 nitrogen and oxygen atoms in total. The molecule has 2 N–H and O–H groups in total. The van der Waals surface area contributed by atoms with E-state index in [1.807, 2.05) is 0 Å². The van der Waals surface area contributed by atoms with Gasteiger partial charge >= 0.3 is 6.61 Å². The van der Waals surface area contributed by atoms with Gasteiger partial charge in [-0.2, -0.15) is 8.78 Å². The molecule has 0 aliphatic rings. The zero-order valence-electron chi connectivity index (χ0n) is 13.7. The number of hydrogen-bond donors (Lipinski definition) is 2. The van der Waals surface area contributed by atoms with E-state index in [1.165, 1.54) is 18.2 Å². The molecular formula is C18H16F2N2O3S. The summed E-state index contributed by atoms with van der Waals surface area (Å²) in [5.41, 5.74) is 1.02. The van der Waals surface area contributed by atoms with Gasteiger partial charge in [-0.3, -0.25) is 10.1 Å². The number of carbonyl (C=O) groups is 1. The van der Waals surface area contributed by atoms with Crippen molar-refractivity contribution >= 4 is 35.0 Å². The molecule has 0 aromatic heterocycles. The Bertz CT molecular complexity index is 795. The number of para-hydroxylation sites is 2. The number of nitrogens with one attached hydrogen (secondary N) is 2. The third-order valence-corrected chi connectivity index (χ3v) is 3.34. The van der Waals surface area contributed by atoms with Gasteiger partial charge in [-0.05, 0) is 48.1 Å². The molecule has 0 bridgehead atoms. The van der Waals surface area contributed by atoms with E-state index < -0.39 is 12.5 Å². The molecule has 136 valence electrons. The van der Waals surface area contributed by atoms with Crippen molar-refractivity contribution in [1.82, 2.24) is 5.32 Å². The number of amides is 1. The molecule has 0 fully saturated rings. The minimum absolute atomic E-state index is 0.0419. The van der Waals surface area contributed by atoms with Crippen molar-refractivity contribution in [3.8, 4) is 11.5 Å². The van der Waals surface area contributed by atoms with Crippen molar-refractivity contribution < 1.29 is 23.0 Å². The Kier molecular flexibility index (Phi) is 7.04. The highest BCUT2D eigenvalue weighted by atomic mass is 32.1. The second-order valence-corrected chi connectivity index (χ2v) is 5.33. The van der Waals surface area contributed by atoms with Crippen LogP contribution in [0, 0.1) is 0 Å². The Morgan fingerprint density at radius 2 is 1.85 bits per heavy atom. The average molecular weight is 378 g/mol. The van der Waals surface area contributed by atoms with Crippen LogP contribution in [0.4, 0.5) is 14.5 Å². The molecular weight excluding hydrogens is 362 g/mol. The van der Waals surface area contributed by atoms with Crippen molar-refractivity contribution in [3.63, 3.8) is 0 Å². The first-order chi connectivity index (χ1) is 12.5. The summed E-state index contributed by atoms with van der Waals surface area (Å²) in [7, 11) is 1.57. The van der Waals surface area contributed by atoms with E-state index in [-0.39, 0.29) is 16.5 Å². The van der Waals surface area contributed by atoms with Gasteiger partial charge in [0.25, 0.3) is 0 Å². The summed E-state index contributed by atoms with van der Waals surface area (Å²) >= 11 is 5.01. The van der Waals surface area contributed by atoms with Crippen molar-refractivity contribution in [2.24, 2.45) is 0 Å². The van der Waals surface area contributed by atoms with Crippen LogP contribution in [0.25, 0.3) is 6.08 Å². The number of carbonyl (C=O) groups excluding carboxylic acids is 1. The van der Waals surface area contributed by atoms with Crippen LogP contribution in [0.5, 0.6) is 11.5 Å². The summed E-state index contributed by atoms with van der Waals surface area (Å²) in [5, 5.41) is 5.04. The lowest BCUT2D eigenvalue weighted by atomic mass is 10.2. The molecule has 0 aliphatic carbocycles. The first kappa shape index (κ1) is 19.3. The largest absolute Gasteiger partial charge is 0.497 e. The van der Waals surface area contributed by atoms with Crippen LogP contribution in [-0.4, -0.2) is 24.7 Å². The van der Waals surface area contributed by atoms with Crippen LogP contribution >= 0.6 is 12.2 Å². The van der Waals surface area contributed by atoms with E-state index in [1.54, 1.807) is 49.6 Å². The van der Waals surface area contributed by atoms with Gasteiger partial charge in [0.05, 0.1) is 12.8 Å². The quantitative estimate of drug-likeness (QED) is 0.591. The first-order valence-electron chi connectivity index (χ1n) is 7.46. The number of hydrogen-bond acceptors (Lipinski definition) is 4. The Morgan fingerprint density at radius 3 is 2.50 bits per heavy atom. The maximum absolute atomic E-state index is 12.4. The number of rotatable bonds is 6. The number of alkyl halides is 2. The molecule has 0 saturated heterocycles. The first-order valence-corrected chi connectivity index (χ1v) is 7.86. The second kappa shape index (κ2) is 9.47. The highest BCUT2D eigenvalue weighted by molar-refractivity contribution is 7.80. The zero-order chi connectivity index (χ0) is 18.9. The lowest BCUT2D eigenvalue weighted by Crippen LogP contribution is -2.33. The molecule has 0 radical (unpaired) electrons. The lowest BCUT2D eigenvalue weighted by Gasteiger charge is -2.13. The smallest absolute Gasteiger partial charge is 0.387 e. The van der Waals surface area contributed by atoms with Crippen molar-refractivity contribution in [3.05, 3.63) is 60.2 Å². The van der Waals surface area contributed by atoms with Crippen molar-refractivity contribution in [2.45, 2.75) is 6.61 Å². The molecule has 2 rings (SSSR count). The van der Waals surface area contributed by atoms with Crippen LogP contribution in [0.3, 0.4) is 0 Å². The minimum atomic E-state index is -2.96. The fraction of sp³-hybridized carbons (Fsp3) is 0.111. The Balaban J connectivity index is 1.93. The third-order valence-electron chi connectivity index (χ3n) is 3.13. The predicted octanol–water partition coefficient (Wildman–Crippen LogP) is 3.82. The Hall–Kier alpha value is -3.00. The Morgan fingerprint density at radius 1 is 1.15 bits per heavy atom. The molecule has 2 aromatic carbocycles. The van der Waals surface area contributed by atoms with Crippen LogP contribution in [0.15, 0.2) is 54.6 Å². The lowest BCUT2D eigenvalue weighted by molar-refractivity contribution is -0.115. The summed E-state index contributed by atoms with van der Waals surface area (Å²) in [5.74, 6) is 0.167. The molecule has 0 aliphatic heterocycles. The van der Waals surface area contributed by atoms with Crippen molar-refractivity contribution in [2.75, 3.05) is 12.4 Å². The zero-order valence-corrected chi connectivity index (χ0v) is 14.6. The predicted molar refractivity (Wildman–Crippen MR) is 99.5 cm³/mol. The van der Waals surface area contributed by atoms with Crippen LogP contribution < -0.4 is 20.1 Å². The SMILES string of the molecule is COc1ccc(/C=C/C(=O)NC(=S)Nc2ccccc2OC(F)F)cc1. The molecule has 0 unspecified atom stereocenters. The van der Waals surface area contributed by atoms with Crippen molar-refractivity contribution in [1.29, 1.82) is 0 Å². The fourth-order valence-corrected chi connectivity index (χ4v) is 2.17. The van der Waals surface area contributed by atoms with Gasteiger partial charge in [0.1, 0.15) is 11.5 Å².